The predicted molar refractivity (Wildman–Crippen MR) is 139 cm³/mol. The smallest absolute Gasteiger partial charge is 0.306 e. The molecule has 2 aromatic carbocycles. The Balaban J connectivity index is 1.39. The average Bonchev–Trinajstić information content (AvgIpc) is 2.89. The first-order valence-electron chi connectivity index (χ1n) is 11.9. The molecule has 1 fully saturated rings. The van der Waals surface area contributed by atoms with E-state index in [1.54, 1.807) is 30.6 Å². The van der Waals surface area contributed by atoms with Crippen molar-refractivity contribution in [2.45, 2.75) is 36.4 Å². The third-order valence-corrected chi connectivity index (χ3v) is 7.49. The molecule has 1 atom stereocenters. The van der Waals surface area contributed by atoms with Crippen LogP contribution in [0.1, 0.15) is 29.6 Å². The van der Waals surface area contributed by atoms with Crippen LogP contribution in [0.25, 0.3) is 0 Å². The summed E-state index contributed by atoms with van der Waals surface area (Å²) in [5, 5.41) is 25.5. The molecule has 0 aliphatic carbocycles. The van der Waals surface area contributed by atoms with E-state index in [1.807, 2.05) is 4.90 Å². The highest BCUT2D eigenvalue weighted by Crippen LogP contribution is 2.31. The van der Waals surface area contributed by atoms with Gasteiger partial charge in [0.15, 0.2) is 0 Å². The first kappa shape index (κ1) is 26.8. The van der Waals surface area contributed by atoms with Crippen LogP contribution < -0.4 is 20.3 Å². The van der Waals surface area contributed by atoms with Gasteiger partial charge in [0.1, 0.15) is 11.9 Å². The lowest BCUT2D eigenvalue weighted by Gasteiger charge is -2.34. The van der Waals surface area contributed by atoms with Crippen LogP contribution in [0.2, 0.25) is 0 Å². The number of amides is 1. The molecule has 3 aromatic rings. The number of carbonyl (C=O) groups is 2. The number of sulfonamides is 1. The van der Waals surface area contributed by atoms with Gasteiger partial charge in [0.05, 0.1) is 17.0 Å². The molecule has 0 radical (unpaired) electrons. The van der Waals surface area contributed by atoms with E-state index in [0.717, 1.165) is 12.8 Å². The van der Waals surface area contributed by atoms with E-state index in [0.29, 0.717) is 24.7 Å². The van der Waals surface area contributed by atoms with Gasteiger partial charge >= 0.3 is 5.97 Å². The third kappa shape index (κ3) is 6.95. The molecular weight excluding hydrogens is 512 g/mol. The number of anilines is 2. The molecule has 1 aliphatic rings. The van der Waals surface area contributed by atoms with E-state index >= 15 is 0 Å². The van der Waals surface area contributed by atoms with Crippen LogP contribution in [0.5, 0.6) is 5.75 Å². The van der Waals surface area contributed by atoms with Gasteiger partial charge in [0.25, 0.3) is 5.91 Å². The molecule has 4 rings (SSSR count). The minimum Gasteiger partial charge on any atom is -0.506 e. The Labute approximate surface area is 219 Å². The molecular formula is C25H28N6O6S. The lowest BCUT2D eigenvalue weighted by atomic mass is 10.0. The summed E-state index contributed by atoms with van der Waals surface area (Å²) in [5.41, 5.74) is 0.612. The average molecular weight is 541 g/mol. The number of aliphatic carboxylic acids is 1. The summed E-state index contributed by atoms with van der Waals surface area (Å²) in [6, 6.07) is 13.7. The van der Waals surface area contributed by atoms with Crippen molar-refractivity contribution in [2.24, 2.45) is 0 Å². The molecule has 38 heavy (non-hydrogen) atoms. The number of hydrogen-bond acceptors (Lipinski definition) is 9. The monoisotopic (exact) mass is 540 g/mol. The highest BCUT2D eigenvalue weighted by molar-refractivity contribution is 7.89. The van der Waals surface area contributed by atoms with Crippen molar-refractivity contribution in [1.29, 1.82) is 0 Å². The second kappa shape index (κ2) is 11.9. The Morgan fingerprint density at radius 1 is 1.03 bits per heavy atom. The topological polar surface area (TPSA) is 174 Å². The van der Waals surface area contributed by atoms with Gasteiger partial charge in [-0.1, -0.05) is 18.2 Å². The van der Waals surface area contributed by atoms with Crippen LogP contribution in [0.4, 0.5) is 11.6 Å². The minimum absolute atomic E-state index is 0.0540. The number of phenolic OH excluding ortho intramolecular Hbond substituents is 1. The van der Waals surface area contributed by atoms with Gasteiger partial charge < -0.3 is 25.7 Å². The molecule has 0 bridgehead atoms. The standard InChI is InChI=1S/C25H28N6O6S/c32-21-15-17(7-8-20(21)31-13-9-18(10-14-31)28-25-26-11-4-12-27-25)24(35)29-22(16-23(33)34)30-38(36,37)19-5-2-1-3-6-19/h1-8,11-12,15,18,22,30,32H,9-10,13-14,16H2,(H,29,35)(H,33,34)(H,26,27,28). The zero-order chi connectivity index (χ0) is 27.1. The number of hydrogen-bond donors (Lipinski definition) is 5. The summed E-state index contributed by atoms with van der Waals surface area (Å²) in [4.78, 5) is 34.4. The number of aromatic nitrogens is 2. The molecule has 1 unspecified atom stereocenters. The van der Waals surface area contributed by atoms with Gasteiger partial charge in [-0.15, -0.1) is 0 Å². The molecule has 1 amide bonds. The molecule has 12 nitrogen and oxygen atoms in total. The first-order valence-corrected chi connectivity index (χ1v) is 13.4. The Bertz CT molecular complexity index is 1370. The van der Waals surface area contributed by atoms with E-state index in [1.165, 1.54) is 36.4 Å². The fourth-order valence-electron chi connectivity index (χ4n) is 4.15. The number of rotatable bonds is 10. The number of piperidine rings is 1. The summed E-state index contributed by atoms with van der Waals surface area (Å²) in [5.74, 6) is -1.59. The van der Waals surface area contributed by atoms with Crippen LogP contribution in [-0.4, -0.2) is 65.8 Å². The Hall–Kier alpha value is -4.23. The summed E-state index contributed by atoms with van der Waals surface area (Å²) < 4.78 is 27.5. The van der Waals surface area contributed by atoms with Crippen LogP contribution in [0.15, 0.2) is 71.9 Å². The first-order chi connectivity index (χ1) is 18.2. The summed E-state index contributed by atoms with van der Waals surface area (Å²) in [6.07, 6.45) is 2.83. The SMILES string of the molecule is O=C(O)CC(NC(=O)c1ccc(N2CCC(Nc3ncccn3)CC2)c(O)c1)NS(=O)(=O)c1ccccc1. The molecule has 0 spiro atoms. The molecule has 0 saturated carbocycles. The summed E-state index contributed by atoms with van der Waals surface area (Å²) in [6.45, 7) is 1.32. The highest BCUT2D eigenvalue weighted by atomic mass is 32.2. The maximum absolute atomic E-state index is 12.8. The number of phenols is 1. The maximum atomic E-state index is 12.8. The quantitative estimate of drug-likeness (QED) is 0.238. The zero-order valence-electron chi connectivity index (χ0n) is 20.3. The number of nitrogens with zero attached hydrogens (tertiary/aromatic N) is 3. The van der Waals surface area contributed by atoms with Crippen molar-refractivity contribution in [2.75, 3.05) is 23.3 Å². The second-order valence-electron chi connectivity index (χ2n) is 8.74. The van der Waals surface area contributed by atoms with Gasteiger partial charge in [-0.05, 0) is 49.2 Å². The van der Waals surface area contributed by atoms with E-state index in [-0.39, 0.29) is 22.3 Å². The largest absolute Gasteiger partial charge is 0.506 e. The minimum atomic E-state index is -4.08. The highest BCUT2D eigenvalue weighted by Gasteiger charge is 2.25. The Morgan fingerprint density at radius 2 is 1.71 bits per heavy atom. The number of carbonyl (C=O) groups excluding carboxylic acids is 1. The molecule has 200 valence electrons. The maximum Gasteiger partial charge on any atom is 0.306 e. The third-order valence-electron chi connectivity index (χ3n) is 6.01. The van der Waals surface area contributed by atoms with Crippen molar-refractivity contribution in [3.05, 3.63) is 72.6 Å². The van der Waals surface area contributed by atoms with Crippen LogP contribution in [-0.2, 0) is 14.8 Å². The molecule has 5 N–H and O–H groups in total. The number of benzene rings is 2. The number of aromatic hydroxyl groups is 1. The van der Waals surface area contributed by atoms with Crippen molar-refractivity contribution in [3.63, 3.8) is 0 Å². The zero-order valence-corrected chi connectivity index (χ0v) is 21.1. The molecule has 1 saturated heterocycles. The van der Waals surface area contributed by atoms with Gasteiger partial charge in [0.2, 0.25) is 16.0 Å². The van der Waals surface area contributed by atoms with E-state index in [9.17, 15) is 28.2 Å². The number of nitrogens with one attached hydrogen (secondary N) is 3. The lowest BCUT2D eigenvalue weighted by molar-refractivity contribution is -0.137. The normalized spacial score (nSPS) is 15.0. The number of carboxylic acids is 1. The van der Waals surface area contributed by atoms with E-state index < -0.39 is 34.5 Å². The Morgan fingerprint density at radius 3 is 2.34 bits per heavy atom. The lowest BCUT2D eigenvalue weighted by Crippen LogP contribution is -2.49. The van der Waals surface area contributed by atoms with Gasteiger partial charge in [-0.25, -0.2) is 18.4 Å². The van der Waals surface area contributed by atoms with E-state index in [4.69, 9.17) is 0 Å². The van der Waals surface area contributed by atoms with Gasteiger partial charge in [-0.2, -0.15) is 4.72 Å². The molecule has 1 aromatic heterocycles. The van der Waals surface area contributed by atoms with Crippen LogP contribution >= 0.6 is 0 Å². The molecule has 1 aliphatic heterocycles. The molecule has 2 heterocycles. The predicted octanol–water partition coefficient (Wildman–Crippen LogP) is 1.77. The van der Waals surface area contributed by atoms with Crippen LogP contribution in [0, 0.1) is 0 Å². The van der Waals surface area contributed by atoms with Crippen molar-refractivity contribution in [3.8, 4) is 5.75 Å². The van der Waals surface area contributed by atoms with Gasteiger partial charge in [0, 0.05) is 37.1 Å². The summed E-state index contributed by atoms with van der Waals surface area (Å²) in [7, 11) is -4.08. The number of carboxylic acid groups (broad SMARTS) is 1. The fourth-order valence-corrected chi connectivity index (χ4v) is 5.31. The summed E-state index contributed by atoms with van der Waals surface area (Å²) >= 11 is 0. The Kier molecular flexibility index (Phi) is 8.38. The fraction of sp³-hybridized carbons (Fsp3) is 0.280. The van der Waals surface area contributed by atoms with Crippen molar-refractivity contribution >= 4 is 33.5 Å². The van der Waals surface area contributed by atoms with Crippen molar-refractivity contribution < 1.29 is 28.2 Å². The molecule has 13 heteroatoms. The second-order valence-corrected chi connectivity index (χ2v) is 10.5. The van der Waals surface area contributed by atoms with Crippen molar-refractivity contribution in [1.82, 2.24) is 20.0 Å². The van der Waals surface area contributed by atoms with Crippen LogP contribution in [0.3, 0.4) is 0 Å². The van der Waals surface area contributed by atoms with Gasteiger partial charge in [-0.3, -0.25) is 9.59 Å². The van der Waals surface area contributed by atoms with E-state index in [2.05, 4.69) is 25.3 Å².